The van der Waals surface area contributed by atoms with Crippen molar-refractivity contribution in [2.75, 3.05) is 18.8 Å². The molecular formula is C17H16F3N3O. The van der Waals surface area contributed by atoms with Crippen LogP contribution in [-0.4, -0.2) is 34.8 Å². The second kappa shape index (κ2) is 6.14. The van der Waals surface area contributed by atoms with Gasteiger partial charge in [-0.05, 0) is 36.4 Å². The molecule has 0 bridgehead atoms. The largest absolute Gasteiger partial charge is 0.397 e. The summed E-state index contributed by atoms with van der Waals surface area (Å²) in [7, 11) is 0. The van der Waals surface area contributed by atoms with E-state index in [9.17, 15) is 18.0 Å². The third-order valence-electron chi connectivity index (χ3n) is 3.99. The number of hydrogen-bond acceptors (Lipinski definition) is 3. The number of anilines is 1. The molecule has 0 radical (unpaired) electrons. The fourth-order valence-corrected chi connectivity index (χ4v) is 2.64. The molecule has 4 nitrogen and oxygen atoms in total. The number of halogens is 3. The molecule has 0 atom stereocenters. The first kappa shape index (κ1) is 16.3. The monoisotopic (exact) mass is 335 g/mol. The first-order valence-corrected chi connectivity index (χ1v) is 7.51. The van der Waals surface area contributed by atoms with E-state index in [1.165, 1.54) is 12.1 Å². The minimum Gasteiger partial charge on any atom is -0.397 e. The van der Waals surface area contributed by atoms with E-state index in [-0.39, 0.29) is 25.2 Å². The van der Waals surface area contributed by atoms with Gasteiger partial charge >= 0.3 is 0 Å². The van der Waals surface area contributed by atoms with Crippen LogP contribution in [0.15, 0.2) is 36.4 Å². The Bertz CT molecular complexity index is 762. The number of nitrogens with zero attached hydrogens (tertiary/aromatic N) is 2. The second-order valence-electron chi connectivity index (χ2n) is 5.84. The van der Waals surface area contributed by atoms with Gasteiger partial charge in [0.1, 0.15) is 5.82 Å². The van der Waals surface area contributed by atoms with Crippen LogP contribution >= 0.6 is 0 Å². The minimum atomic E-state index is -2.83. The number of carbonyl (C=O) groups is 1. The molecule has 0 aliphatic carbocycles. The number of pyridine rings is 1. The Kier molecular flexibility index (Phi) is 4.17. The molecule has 1 aromatic heterocycles. The summed E-state index contributed by atoms with van der Waals surface area (Å²) >= 11 is 0. The molecule has 2 N–H and O–H groups in total. The number of nitrogen functional groups attached to an aromatic ring is 1. The Labute approximate surface area is 137 Å². The smallest absolute Gasteiger partial charge is 0.267 e. The van der Waals surface area contributed by atoms with Crippen LogP contribution in [0.3, 0.4) is 0 Å². The maximum Gasteiger partial charge on any atom is 0.267 e. The highest BCUT2D eigenvalue weighted by Gasteiger charge is 2.40. The molecule has 24 heavy (non-hydrogen) atoms. The molecule has 1 amide bonds. The van der Waals surface area contributed by atoms with Gasteiger partial charge in [0.25, 0.3) is 5.92 Å². The van der Waals surface area contributed by atoms with E-state index in [0.717, 1.165) is 4.90 Å². The molecule has 0 saturated carbocycles. The Morgan fingerprint density at radius 2 is 1.92 bits per heavy atom. The summed E-state index contributed by atoms with van der Waals surface area (Å²) in [6, 6.07) is 9.03. The first-order chi connectivity index (χ1) is 11.3. The van der Waals surface area contributed by atoms with Gasteiger partial charge in [-0.2, -0.15) is 0 Å². The summed E-state index contributed by atoms with van der Waals surface area (Å²) in [6.45, 7) is -0.535. The van der Waals surface area contributed by atoms with Crippen LogP contribution < -0.4 is 5.73 Å². The number of aromatic nitrogens is 1. The van der Waals surface area contributed by atoms with Crippen molar-refractivity contribution in [3.8, 4) is 11.3 Å². The van der Waals surface area contributed by atoms with Crippen LogP contribution in [0.5, 0.6) is 0 Å². The highest BCUT2D eigenvalue weighted by atomic mass is 19.3. The summed E-state index contributed by atoms with van der Waals surface area (Å²) in [4.78, 5) is 17.7. The zero-order valence-corrected chi connectivity index (χ0v) is 12.8. The second-order valence-corrected chi connectivity index (χ2v) is 5.84. The van der Waals surface area contributed by atoms with E-state index in [4.69, 9.17) is 5.73 Å². The van der Waals surface area contributed by atoms with Crippen molar-refractivity contribution in [1.29, 1.82) is 0 Å². The molecular weight excluding hydrogens is 319 g/mol. The zero-order chi connectivity index (χ0) is 17.3. The number of alkyl halides is 2. The summed E-state index contributed by atoms with van der Waals surface area (Å²) in [5.74, 6) is -3.62. The van der Waals surface area contributed by atoms with E-state index < -0.39 is 18.4 Å². The van der Waals surface area contributed by atoms with Gasteiger partial charge in [-0.15, -0.1) is 0 Å². The summed E-state index contributed by atoms with van der Waals surface area (Å²) in [5.41, 5.74) is 7.72. The van der Waals surface area contributed by atoms with E-state index in [1.807, 2.05) is 0 Å². The van der Waals surface area contributed by atoms with Gasteiger partial charge in [0.05, 0.1) is 30.0 Å². The van der Waals surface area contributed by atoms with Crippen molar-refractivity contribution in [3.63, 3.8) is 0 Å². The number of amides is 1. The Balaban J connectivity index is 1.79. The predicted molar refractivity (Wildman–Crippen MR) is 83.9 cm³/mol. The first-order valence-electron chi connectivity index (χ1n) is 7.51. The lowest BCUT2D eigenvalue weighted by atomic mass is 10.1. The summed E-state index contributed by atoms with van der Waals surface area (Å²) in [6.07, 6.45) is -0.464. The van der Waals surface area contributed by atoms with Gasteiger partial charge in [-0.25, -0.2) is 13.2 Å². The standard InChI is InChI=1S/C17H16F3N3O/c18-12-3-1-11(2-4-12)14-6-5-13(21)15(22-14)9-16(24)23-8-7-17(19,20)10-23/h1-6H,7-10,21H2. The average Bonchev–Trinajstić information content (AvgIpc) is 2.90. The number of nitrogens with two attached hydrogens (primary N) is 1. The molecule has 1 fully saturated rings. The maximum atomic E-state index is 13.2. The number of likely N-dealkylation sites (tertiary alicyclic amines) is 1. The lowest BCUT2D eigenvalue weighted by Crippen LogP contribution is -2.32. The number of hydrogen-bond donors (Lipinski definition) is 1. The zero-order valence-electron chi connectivity index (χ0n) is 12.8. The van der Waals surface area contributed by atoms with Gasteiger partial charge in [-0.3, -0.25) is 9.78 Å². The van der Waals surface area contributed by atoms with Crippen molar-refractivity contribution in [2.45, 2.75) is 18.8 Å². The van der Waals surface area contributed by atoms with Crippen LogP contribution in [0.25, 0.3) is 11.3 Å². The van der Waals surface area contributed by atoms with Gasteiger partial charge < -0.3 is 10.6 Å². The van der Waals surface area contributed by atoms with Crippen molar-refractivity contribution in [3.05, 3.63) is 47.9 Å². The summed E-state index contributed by atoms with van der Waals surface area (Å²) < 4.78 is 39.5. The number of benzene rings is 1. The molecule has 126 valence electrons. The van der Waals surface area contributed by atoms with Crippen molar-refractivity contribution in [2.24, 2.45) is 0 Å². The van der Waals surface area contributed by atoms with E-state index >= 15 is 0 Å². The molecule has 1 aliphatic heterocycles. The molecule has 7 heteroatoms. The van der Waals surface area contributed by atoms with Crippen LogP contribution in [-0.2, 0) is 11.2 Å². The SMILES string of the molecule is Nc1ccc(-c2ccc(F)cc2)nc1CC(=O)N1CCC(F)(F)C1. The summed E-state index contributed by atoms with van der Waals surface area (Å²) in [5, 5.41) is 0. The molecule has 0 unspecified atom stereocenters. The van der Waals surface area contributed by atoms with Gasteiger partial charge in [-0.1, -0.05) is 0 Å². The highest BCUT2D eigenvalue weighted by Crippen LogP contribution is 2.28. The minimum absolute atomic E-state index is 0.0311. The lowest BCUT2D eigenvalue weighted by Gasteiger charge is -2.16. The fourth-order valence-electron chi connectivity index (χ4n) is 2.64. The Morgan fingerprint density at radius 3 is 2.54 bits per heavy atom. The van der Waals surface area contributed by atoms with Crippen molar-refractivity contribution >= 4 is 11.6 Å². The molecule has 2 heterocycles. The molecule has 1 saturated heterocycles. The fraction of sp³-hybridized carbons (Fsp3) is 0.294. The third kappa shape index (κ3) is 3.50. The Morgan fingerprint density at radius 1 is 1.21 bits per heavy atom. The average molecular weight is 335 g/mol. The van der Waals surface area contributed by atoms with Crippen LogP contribution in [0.1, 0.15) is 12.1 Å². The third-order valence-corrected chi connectivity index (χ3v) is 3.99. The van der Waals surface area contributed by atoms with Crippen molar-refractivity contribution < 1.29 is 18.0 Å². The van der Waals surface area contributed by atoms with E-state index in [1.54, 1.807) is 24.3 Å². The predicted octanol–water partition coefficient (Wildman–Crippen LogP) is 2.88. The van der Waals surface area contributed by atoms with Crippen LogP contribution in [0, 0.1) is 5.82 Å². The topological polar surface area (TPSA) is 59.2 Å². The highest BCUT2D eigenvalue weighted by molar-refractivity contribution is 5.80. The molecule has 0 spiro atoms. The van der Waals surface area contributed by atoms with Crippen LogP contribution in [0.4, 0.5) is 18.9 Å². The number of rotatable bonds is 3. The molecule has 3 rings (SSSR count). The van der Waals surface area contributed by atoms with Gasteiger partial charge in [0.2, 0.25) is 5.91 Å². The molecule has 1 aliphatic rings. The Hall–Kier alpha value is -2.57. The van der Waals surface area contributed by atoms with Gasteiger partial charge in [0, 0.05) is 18.5 Å². The molecule has 1 aromatic carbocycles. The normalized spacial score (nSPS) is 16.4. The maximum absolute atomic E-state index is 13.2. The van der Waals surface area contributed by atoms with Gasteiger partial charge in [0.15, 0.2) is 0 Å². The number of carbonyl (C=O) groups excluding carboxylic acids is 1. The van der Waals surface area contributed by atoms with E-state index in [0.29, 0.717) is 22.6 Å². The van der Waals surface area contributed by atoms with E-state index in [2.05, 4.69) is 4.98 Å². The lowest BCUT2D eigenvalue weighted by molar-refractivity contribution is -0.130. The van der Waals surface area contributed by atoms with Crippen molar-refractivity contribution in [1.82, 2.24) is 9.88 Å². The van der Waals surface area contributed by atoms with Crippen LogP contribution in [0.2, 0.25) is 0 Å². The quantitative estimate of drug-likeness (QED) is 0.938. The molecule has 2 aromatic rings.